The lowest BCUT2D eigenvalue weighted by Crippen LogP contribution is -2.54. The van der Waals surface area contributed by atoms with Crippen LogP contribution < -0.4 is 16.6 Å². The van der Waals surface area contributed by atoms with Crippen molar-refractivity contribution in [2.45, 2.75) is 52.3 Å². The Bertz CT molecular complexity index is 2080. The first-order valence-corrected chi connectivity index (χ1v) is 16.0. The normalized spacial score (nSPS) is 16.1. The predicted molar refractivity (Wildman–Crippen MR) is 181 cm³/mol. The Morgan fingerprint density at radius 2 is 1.71 bits per heavy atom. The van der Waals surface area contributed by atoms with Crippen LogP contribution in [0.4, 0.5) is 16.3 Å². The van der Waals surface area contributed by atoms with Crippen molar-refractivity contribution < 1.29 is 19.4 Å². The van der Waals surface area contributed by atoms with Crippen LogP contribution in [-0.2, 0) is 23.4 Å². The average molecular weight is 651 g/mol. The van der Waals surface area contributed by atoms with Gasteiger partial charge in [-0.25, -0.2) is 19.4 Å². The van der Waals surface area contributed by atoms with E-state index in [0.717, 1.165) is 11.1 Å². The van der Waals surface area contributed by atoms with Gasteiger partial charge in [-0.3, -0.25) is 14.3 Å². The number of piperidine rings is 1. The molecule has 2 aliphatic heterocycles. The first-order valence-electron chi connectivity index (χ1n) is 16.0. The summed E-state index contributed by atoms with van der Waals surface area (Å²) in [7, 11) is 0. The molecule has 248 valence electrons. The van der Waals surface area contributed by atoms with Crippen molar-refractivity contribution in [1.29, 1.82) is 0 Å². The molecule has 13 heteroatoms. The van der Waals surface area contributed by atoms with Crippen LogP contribution in [0.15, 0.2) is 71.9 Å². The van der Waals surface area contributed by atoms with Gasteiger partial charge >= 0.3 is 6.09 Å². The summed E-state index contributed by atoms with van der Waals surface area (Å²) in [5.41, 5.74) is 9.54. The van der Waals surface area contributed by atoms with Crippen LogP contribution in [0.1, 0.15) is 49.7 Å². The van der Waals surface area contributed by atoms with Gasteiger partial charge in [0.25, 0.3) is 11.5 Å². The number of carbonyl (C=O) groups is 2. The largest absolute Gasteiger partial charge is 0.465 e. The van der Waals surface area contributed by atoms with Crippen molar-refractivity contribution in [1.82, 2.24) is 28.8 Å². The third kappa shape index (κ3) is 5.01. The smallest absolute Gasteiger partial charge is 0.407 e. The molecule has 3 aromatic heterocycles. The Kier molecular flexibility index (Phi) is 7.58. The molecule has 0 bridgehead atoms. The Labute approximate surface area is 276 Å². The summed E-state index contributed by atoms with van der Waals surface area (Å²) in [5.74, 6) is -0.167. The van der Waals surface area contributed by atoms with Crippen molar-refractivity contribution >= 4 is 34.5 Å². The number of fused-ring (bicyclic) bond motifs is 2. The molecule has 0 radical (unpaired) electrons. The highest BCUT2D eigenvalue weighted by atomic mass is 16.5. The summed E-state index contributed by atoms with van der Waals surface area (Å²) in [4.78, 5) is 49.4. The molecular weight excluding hydrogens is 612 g/mol. The number of nitrogens with zero attached hydrogens (tertiary/aromatic N) is 6. The molecule has 2 aromatic carbocycles. The third-order valence-corrected chi connectivity index (χ3v) is 9.95. The molecule has 0 spiro atoms. The summed E-state index contributed by atoms with van der Waals surface area (Å²) >= 11 is 0. The second-order valence-corrected chi connectivity index (χ2v) is 13.4. The van der Waals surface area contributed by atoms with Crippen molar-refractivity contribution in [3.8, 4) is 16.8 Å². The second kappa shape index (κ2) is 11.7. The number of carboxylic acid groups (broad SMARTS) is 1. The van der Waals surface area contributed by atoms with Gasteiger partial charge in [-0.2, -0.15) is 0 Å². The fourth-order valence-corrected chi connectivity index (χ4v) is 7.32. The van der Waals surface area contributed by atoms with Crippen LogP contribution in [0, 0.1) is 5.41 Å². The fourth-order valence-electron chi connectivity index (χ4n) is 7.32. The van der Waals surface area contributed by atoms with Crippen molar-refractivity contribution in [3.05, 3.63) is 88.7 Å². The van der Waals surface area contributed by atoms with Gasteiger partial charge < -0.3 is 30.4 Å². The van der Waals surface area contributed by atoms with Gasteiger partial charge in [-0.1, -0.05) is 51.1 Å². The number of hydrogen-bond donors (Lipinski definition) is 3. The number of benzene rings is 2. The minimum Gasteiger partial charge on any atom is -0.465 e. The zero-order chi connectivity index (χ0) is 33.8. The van der Waals surface area contributed by atoms with Gasteiger partial charge in [0.2, 0.25) is 0 Å². The Morgan fingerprint density at radius 1 is 1.00 bits per heavy atom. The Morgan fingerprint density at radius 3 is 2.38 bits per heavy atom. The van der Waals surface area contributed by atoms with Gasteiger partial charge in [0, 0.05) is 30.5 Å². The molecule has 5 aromatic rings. The number of nitrogens with one attached hydrogen (secondary N) is 1. The van der Waals surface area contributed by atoms with E-state index in [1.165, 1.54) is 15.9 Å². The summed E-state index contributed by atoms with van der Waals surface area (Å²) in [6.45, 7) is 8.37. The highest BCUT2D eigenvalue weighted by molar-refractivity contribution is 6.05. The number of rotatable bonds is 5. The molecule has 1 saturated heterocycles. The predicted octanol–water partition coefficient (Wildman–Crippen LogP) is 4.93. The molecule has 7 rings (SSSR count). The summed E-state index contributed by atoms with van der Waals surface area (Å²) in [6, 6.07) is 16.6. The number of ether oxygens (including phenoxy) is 1. The fraction of sp³-hybridized carbons (Fsp3) is 0.343. The first-order chi connectivity index (χ1) is 23.0. The van der Waals surface area contributed by atoms with E-state index in [-0.39, 0.29) is 17.6 Å². The number of anilines is 2. The Balaban J connectivity index is 1.23. The third-order valence-electron chi connectivity index (χ3n) is 9.95. The van der Waals surface area contributed by atoms with Crippen LogP contribution in [0.25, 0.3) is 27.8 Å². The second-order valence-electron chi connectivity index (χ2n) is 13.4. The molecule has 5 heterocycles. The quantitative estimate of drug-likeness (QED) is 0.241. The molecular formula is C35H38N8O5. The molecule has 4 N–H and O–H groups in total. The van der Waals surface area contributed by atoms with E-state index in [9.17, 15) is 19.5 Å². The Hall–Kier alpha value is -5.43. The van der Waals surface area contributed by atoms with Crippen LogP contribution in [0.2, 0.25) is 0 Å². The molecule has 2 amide bonds. The summed E-state index contributed by atoms with van der Waals surface area (Å²) in [6.07, 6.45) is 3.81. The zero-order valence-corrected chi connectivity index (χ0v) is 27.1. The van der Waals surface area contributed by atoms with E-state index in [0.29, 0.717) is 73.0 Å². The standard InChI is InChI=1S/C35H38N8O5/c1-34(2,3)35(13-15-40(16-14-35)33(46)47)41-19-25(27-29(36)37-21-38-30(27)41)22-9-11-23(12-10-22)39-31(44)28-26-20-48-18-17-42(26)43(32(28)45)24-7-5-4-6-8-24/h4-12,19,21H,13-18,20H2,1-3H3,(H,39,44)(H,46,47)(H2,36,37,38). The highest BCUT2D eigenvalue weighted by Gasteiger charge is 2.47. The van der Waals surface area contributed by atoms with Gasteiger partial charge in [0.05, 0.1) is 42.1 Å². The molecule has 0 aliphatic carbocycles. The monoisotopic (exact) mass is 650 g/mol. The van der Waals surface area contributed by atoms with Crippen LogP contribution in [-0.4, -0.2) is 65.6 Å². The maximum absolute atomic E-state index is 13.6. The van der Waals surface area contributed by atoms with Crippen LogP contribution in [0.5, 0.6) is 0 Å². The molecule has 0 unspecified atom stereocenters. The topological polar surface area (TPSA) is 163 Å². The number of nitrogen functional groups attached to an aromatic ring is 1. The van der Waals surface area contributed by atoms with Gasteiger partial charge in [0.1, 0.15) is 23.4 Å². The molecule has 0 atom stereocenters. The lowest BCUT2D eigenvalue weighted by molar-refractivity contribution is 0.0226. The van der Waals surface area contributed by atoms with Gasteiger partial charge in [0.15, 0.2) is 0 Å². The number of hydrogen-bond acceptors (Lipinski definition) is 7. The maximum atomic E-state index is 13.6. The van der Waals surface area contributed by atoms with Crippen molar-refractivity contribution in [3.63, 3.8) is 0 Å². The number of likely N-dealkylation sites (tertiary alicyclic amines) is 1. The van der Waals surface area contributed by atoms with Gasteiger partial charge in [-0.05, 0) is 48.1 Å². The number of aromatic nitrogens is 5. The van der Waals surface area contributed by atoms with Crippen molar-refractivity contribution in [2.24, 2.45) is 5.41 Å². The lowest BCUT2D eigenvalue weighted by atomic mass is 9.67. The van der Waals surface area contributed by atoms with Crippen LogP contribution >= 0.6 is 0 Å². The summed E-state index contributed by atoms with van der Waals surface area (Å²) < 4.78 is 11.2. The molecule has 1 fully saturated rings. The van der Waals surface area contributed by atoms with E-state index in [1.54, 1.807) is 12.1 Å². The van der Waals surface area contributed by atoms with E-state index >= 15 is 0 Å². The summed E-state index contributed by atoms with van der Waals surface area (Å²) in [5, 5.41) is 13.2. The SMILES string of the molecule is CC(C)(C)C1(n2cc(-c3ccc(NC(=O)c4c5n(n(-c6ccccc6)c4=O)CCOC5)cc3)c3c(N)ncnc32)CCN(C(=O)O)CC1. The molecule has 0 saturated carbocycles. The van der Waals surface area contributed by atoms with E-state index in [2.05, 4.69) is 40.6 Å². The first kappa shape index (κ1) is 31.2. The van der Waals surface area contributed by atoms with E-state index in [4.69, 9.17) is 10.5 Å². The zero-order valence-electron chi connectivity index (χ0n) is 27.1. The van der Waals surface area contributed by atoms with E-state index < -0.39 is 23.1 Å². The minimum atomic E-state index is -0.915. The molecule has 13 nitrogen and oxygen atoms in total. The number of para-hydroxylation sites is 1. The number of carbonyl (C=O) groups excluding carboxylic acids is 1. The van der Waals surface area contributed by atoms with E-state index in [1.807, 2.05) is 53.3 Å². The average Bonchev–Trinajstić information content (AvgIpc) is 3.61. The maximum Gasteiger partial charge on any atom is 0.407 e. The number of amides is 2. The molecule has 2 aliphatic rings. The van der Waals surface area contributed by atoms with Crippen molar-refractivity contribution in [2.75, 3.05) is 30.7 Å². The highest BCUT2D eigenvalue weighted by Crippen LogP contribution is 2.48. The number of nitrogens with two attached hydrogens (primary N) is 1. The molecule has 48 heavy (non-hydrogen) atoms. The lowest BCUT2D eigenvalue weighted by Gasteiger charge is -2.50. The van der Waals surface area contributed by atoms with Crippen LogP contribution in [0.3, 0.4) is 0 Å². The minimum absolute atomic E-state index is 0.0528. The van der Waals surface area contributed by atoms with Gasteiger partial charge in [-0.15, -0.1) is 0 Å².